The molecule has 0 bridgehead atoms. The predicted molar refractivity (Wildman–Crippen MR) is 92.7 cm³/mol. The molecule has 0 saturated heterocycles. The van der Waals surface area contributed by atoms with Gasteiger partial charge in [0.2, 0.25) is 0 Å². The minimum atomic E-state index is 0.558. The maximum Gasteiger partial charge on any atom is 0.124 e. The molecule has 0 aliphatic rings. The fourth-order valence-corrected chi connectivity index (χ4v) is 3.37. The number of aromatic nitrogens is 1. The first kappa shape index (κ1) is 14.3. The Morgan fingerprint density at radius 3 is 2.62 bits per heavy atom. The van der Waals surface area contributed by atoms with Crippen LogP contribution in [0.2, 0.25) is 0 Å². The third-order valence-corrected chi connectivity index (χ3v) is 4.93. The fraction of sp³-hybridized carbons (Fsp3) is 0.118. The molecule has 2 nitrogen and oxygen atoms in total. The number of rotatable bonds is 4. The molecule has 21 heavy (non-hydrogen) atoms. The molecule has 0 fully saturated rings. The summed E-state index contributed by atoms with van der Waals surface area (Å²) in [4.78, 5) is 6.02. The van der Waals surface area contributed by atoms with E-state index in [2.05, 4.69) is 48.0 Å². The van der Waals surface area contributed by atoms with Crippen molar-refractivity contribution < 1.29 is 0 Å². The number of thiazole rings is 1. The van der Waals surface area contributed by atoms with Crippen molar-refractivity contribution in [3.63, 3.8) is 0 Å². The highest BCUT2D eigenvalue weighted by Crippen LogP contribution is 2.30. The molecule has 0 spiro atoms. The molecule has 2 aromatic carbocycles. The lowest BCUT2D eigenvalue weighted by Crippen LogP contribution is -1.95. The molecular weight excluding hydrogens is 296 g/mol. The van der Waals surface area contributed by atoms with Gasteiger partial charge >= 0.3 is 0 Å². The lowest BCUT2D eigenvalue weighted by Gasteiger charge is -2.01. The summed E-state index contributed by atoms with van der Waals surface area (Å²) >= 11 is 3.42. The van der Waals surface area contributed by atoms with Crippen LogP contribution in [0.5, 0.6) is 0 Å². The van der Waals surface area contributed by atoms with Crippen LogP contribution in [0, 0.1) is 0 Å². The van der Waals surface area contributed by atoms with Crippen molar-refractivity contribution in [2.45, 2.75) is 11.4 Å². The zero-order valence-corrected chi connectivity index (χ0v) is 13.4. The number of benzene rings is 2. The van der Waals surface area contributed by atoms with Gasteiger partial charge in [0.1, 0.15) is 5.01 Å². The van der Waals surface area contributed by atoms with Crippen molar-refractivity contribution in [2.75, 3.05) is 6.26 Å². The highest BCUT2D eigenvalue weighted by molar-refractivity contribution is 7.98. The van der Waals surface area contributed by atoms with Gasteiger partial charge in [0.05, 0.1) is 5.69 Å². The second-order valence-electron chi connectivity index (χ2n) is 4.67. The summed E-state index contributed by atoms with van der Waals surface area (Å²) in [5, 5.41) is 3.15. The maximum atomic E-state index is 5.70. The van der Waals surface area contributed by atoms with Crippen LogP contribution in [0.25, 0.3) is 21.8 Å². The first-order chi connectivity index (χ1) is 10.3. The minimum Gasteiger partial charge on any atom is -0.326 e. The summed E-state index contributed by atoms with van der Waals surface area (Å²) < 4.78 is 0. The molecule has 0 aliphatic heterocycles. The molecule has 1 aromatic heterocycles. The van der Waals surface area contributed by atoms with Crippen LogP contribution >= 0.6 is 23.1 Å². The molecule has 0 aliphatic carbocycles. The van der Waals surface area contributed by atoms with Crippen molar-refractivity contribution in [2.24, 2.45) is 5.73 Å². The molecular formula is C17H16N2S2. The Bertz CT molecular complexity index is 733. The Hall–Kier alpha value is -1.62. The predicted octanol–water partition coefficient (Wildman–Crippen LogP) is 4.66. The number of nitrogens with two attached hydrogens (primary N) is 1. The highest BCUT2D eigenvalue weighted by Gasteiger charge is 2.07. The van der Waals surface area contributed by atoms with Crippen molar-refractivity contribution in [3.8, 4) is 21.8 Å². The van der Waals surface area contributed by atoms with E-state index in [0.717, 1.165) is 27.4 Å². The third kappa shape index (κ3) is 3.18. The first-order valence-electron chi connectivity index (χ1n) is 6.69. The molecule has 3 aromatic rings. The van der Waals surface area contributed by atoms with Crippen LogP contribution < -0.4 is 5.73 Å². The largest absolute Gasteiger partial charge is 0.326 e. The van der Waals surface area contributed by atoms with Gasteiger partial charge in [-0.1, -0.05) is 30.3 Å². The highest BCUT2D eigenvalue weighted by atomic mass is 32.2. The van der Waals surface area contributed by atoms with Gasteiger partial charge in [0.15, 0.2) is 0 Å². The SMILES string of the molecule is CSc1ccc(-c2csc(-c3cccc(CN)c3)n2)cc1. The standard InChI is InChI=1S/C17H16N2S2/c1-20-15-7-5-13(6-8-15)16-11-21-17(19-16)14-4-2-3-12(9-14)10-18/h2-9,11H,10,18H2,1H3. The average Bonchev–Trinajstić information content (AvgIpc) is 3.05. The van der Waals surface area contributed by atoms with Gasteiger partial charge < -0.3 is 5.73 Å². The van der Waals surface area contributed by atoms with E-state index >= 15 is 0 Å². The van der Waals surface area contributed by atoms with Crippen LogP contribution in [-0.4, -0.2) is 11.2 Å². The van der Waals surface area contributed by atoms with E-state index < -0.39 is 0 Å². The molecule has 0 atom stereocenters. The van der Waals surface area contributed by atoms with Crippen molar-refractivity contribution in [1.82, 2.24) is 4.98 Å². The van der Waals surface area contributed by atoms with Crippen LogP contribution in [0.3, 0.4) is 0 Å². The van der Waals surface area contributed by atoms with E-state index in [1.807, 2.05) is 12.1 Å². The molecule has 0 radical (unpaired) electrons. The second kappa shape index (κ2) is 6.43. The molecule has 0 amide bonds. The lowest BCUT2D eigenvalue weighted by atomic mass is 10.1. The number of hydrogen-bond donors (Lipinski definition) is 1. The van der Waals surface area contributed by atoms with E-state index in [4.69, 9.17) is 10.7 Å². The molecule has 1 heterocycles. The van der Waals surface area contributed by atoms with E-state index in [1.165, 1.54) is 4.90 Å². The van der Waals surface area contributed by atoms with Crippen LogP contribution in [-0.2, 0) is 6.54 Å². The second-order valence-corrected chi connectivity index (χ2v) is 6.41. The smallest absolute Gasteiger partial charge is 0.124 e. The molecule has 4 heteroatoms. The molecule has 106 valence electrons. The van der Waals surface area contributed by atoms with Gasteiger partial charge in [-0.2, -0.15) is 0 Å². The third-order valence-electron chi connectivity index (χ3n) is 3.30. The topological polar surface area (TPSA) is 38.9 Å². The summed E-state index contributed by atoms with van der Waals surface area (Å²) in [6, 6.07) is 16.8. The zero-order chi connectivity index (χ0) is 14.7. The minimum absolute atomic E-state index is 0.558. The first-order valence-corrected chi connectivity index (χ1v) is 8.80. The van der Waals surface area contributed by atoms with E-state index in [0.29, 0.717) is 6.54 Å². The maximum absolute atomic E-state index is 5.70. The number of thioether (sulfide) groups is 1. The van der Waals surface area contributed by atoms with Gasteiger partial charge in [-0.05, 0) is 30.0 Å². The van der Waals surface area contributed by atoms with Gasteiger partial charge in [0, 0.05) is 27.9 Å². The van der Waals surface area contributed by atoms with Gasteiger partial charge in [-0.15, -0.1) is 23.1 Å². The van der Waals surface area contributed by atoms with Gasteiger partial charge in [-0.25, -0.2) is 4.98 Å². The van der Waals surface area contributed by atoms with Crippen molar-refractivity contribution in [1.29, 1.82) is 0 Å². The fourth-order valence-electron chi connectivity index (χ4n) is 2.13. The van der Waals surface area contributed by atoms with E-state index in [1.54, 1.807) is 23.1 Å². The molecule has 2 N–H and O–H groups in total. The average molecular weight is 312 g/mol. The summed E-state index contributed by atoms with van der Waals surface area (Å²) in [6.07, 6.45) is 2.08. The zero-order valence-electron chi connectivity index (χ0n) is 11.7. The summed E-state index contributed by atoms with van der Waals surface area (Å²) in [5.41, 5.74) is 10.2. The molecule has 0 saturated carbocycles. The summed E-state index contributed by atoms with van der Waals surface area (Å²) in [7, 11) is 0. The normalized spacial score (nSPS) is 10.8. The Labute approximate surface area is 133 Å². The summed E-state index contributed by atoms with van der Waals surface area (Å²) in [6.45, 7) is 0.558. The lowest BCUT2D eigenvalue weighted by molar-refractivity contribution is 1.07. The van der Waals surface area contributed by atoms with Gasteiger partial charge in [-0.3, -0.25) is 0 Å². The Morgan fingerprint density at radius 2 is 1.90 bits per heavy atom. The van der Waals surface area contributed by atoms with E-state index in [9.17, 15) is 0 Å². The van der Waals surface area contributed by atoms with Crippen LogP contribution in [0.15, 0.2) is 58.8 Å². The Kier molecular flexibility index (Phi) is 4.39. The Balaban J connectivity index is 1.91. The van der Waals surface area contributed by atoms with Crippen LogP contribution in [0.4, 0.5) is 0 Å². The van der Waals surface area contributed by atoms with Crippen LogP contribution in [0.1, 0.15) is 5.56 Å². The van der Waals surface area contributed by atoms with Crippen molar-refractivity contribution >= 4 is 23.1 Å². The quantitative estimate of drug-likeness (QED) is 0.712. The van der Waals surface area contributed by atoms with E-state index in [-0.39, 0.29) is 0 Å². The summed E-state index contributed by atoms with van der Waals surface area (Å²) in [5.74, 6) is 0. The monoisotopic (exact) mass is 312 g/mol. The number of nitrogens with zero attached hydrogens (tertiary/aromatic N) is 1. The number of hydrogen-bond acceptors (Lipinski definition) is 4. The van der Waals surface area contributed by atoms with Gasteiger partial charge in [0.25, 0.3) is 0 Å². The van der Waals surface area contributed by atoms with Crippen molar-refractivity contribution in [3.05, 3.63) is 59.5 Å². The molecule has 0 unspecified atom stereocenters. The molecule has 3 rings (SSSR count). The Morgan fingerprint density at radius 1 is 1.10 bits per heavy atom.